The van der Waals surface area contributed by atoms with Gasteiger partial charge in [0.2, 0.25) is 0 Å². The maximum atomic E-state index is 11.3. The summed E-state index contributed by atoms with van der Waals surface area (Å²) in [6.45, 7) is 1.10. The number of alkyl halides is 1. The molecule has 0 atom stereocenters. The zero-order chi connectivity index (χ0) is 22.9. The molecule has 2 aromatic carbocycles. The number of carbonyl (C=O) groups is 1. The highest BCUT2D eigenvalue weighted by molar-refractivity contribution is 6.17. The summed E-state index contributed by atoms with van der Waals surface area (Å²) in [6, 6.07) is 26.7. The first-order valence-corrected chi connectivity index (χ1v) is 10.5. The molecule has 0 aliphatic carbocycles. The van der Waals surface area contributed by atoms with Gasteiger partial charge in [-0.05, 0) is 35.4 Å². The molecule has 0 aliphatic heterocycles. The lowest BCUT2D eigenvalue weighted by Crippen LogP contribution is -2.23. The summed E-state index contributed by atoms with van der Waals surface area (Å²) in [4.78, 5) is 11.3. The van der Waals surface area contributed by atoms with Gasteiger partial charge in [-0.3, -0.25) is 0 Å². The molecule has 2 heterocycles. The van der Waals surface area contributed by atoms with Crippen LogP contribution in [0.15, 0.2) is 106 Å². The molecule has 7 heteroatoms. The Kier molecular flexibility index (Phi) is 11.9. The third kappa shape index (κ3) is 10.5. The molecule has 2 aromatic heterocycles. The van der Waals surface area contributed by atoms with Gasteiger partial charge in [-0.25, -0.2) is 4.79 Å². The van der Waals surface area contributed by atoms with E-state index in [4.69, 9.17) is 30.9 Å². The second-order valence-corrected chi connectivity index (χ2v) is 6.66. The number of nitrogens with two attached hydrogens (primary N) is 1. The summed E-state index contributed by atoms with van der Waals surface area (Å²) in [5, 5.41) is 2.60. The molecule has 0 aliphatic rings. The van der Waals surface area contributed by atoms with E-state index in [1.807, 2.05) is 72.8 Å². The second-order valence-electron chi connectivity index (χ2n) is 6.40. The topological polar surface area (TPSA) is 90.6 Å². The number of benzene rings is 2. The van der Waals surface area contributed by atoms with E-state index in [1.54, 1.807) is 24.7 Å². The molecule has 6 nitrogen and oxygen atoms in total. The Balaban J connectivity index is 0.000000199. The van der Waals surface area contributed by atoms with E-state index in [1.165, 1.54) is 5.56 Å². The standard InChI is InChI=1S/C13H13NO3.C7H7Cl.C5H7NO/c15-13(14-9-12-7-4-8-16-12)17-10-11-5-2-1-3-6-11;8-6-7-4-2-1-3-5-7;6-4-5-2-1-3-7-5/h1-8H,9-10H2,(H,14,15);1-5H,6H2;1-3H,4,6H2. The van der Waals surface area contributed by atoms with Crippen molar-refractivity contribution in [3.8, 4) is 0 Å². The number of nitrogens with one attached hydrogen (secondary N) is 1. The molecular weight excluding hydrogens is 428 g/mol. The number of halogens is 1. The van der Waals surface area contributed by atoms with E-state index >= 15 is 0 Å². The molecule has 0 saturated carbocycles. The predicted octanol–water partition coefficient (Wildman–Crippen LogP) is 5.87. The number of furan rings is 2. The van der Waals surface area contributed by atoms with Gasteiger partial charge in [-0.1, -0.05) is 60.7 Å². The first-order valence-electron chi connectivity index (χ1n) is 10.0. The Bertz CT molecular complexity index is 960. The zero-order valence-corrected chi connectivity index (χ0v) is 18.4. The Labute approximate surface area is 192 Å². The van der Waals surface area contributed by atoms with Crippen LogP contribution in [0.2, 0.25) is 0 Å². The van der Waals surface area contributed by atoms with Crippen molar-refractivity contribution in [2.24, 2.45) is 5.73 Å². The first-order chi connectivity index (χ1) is 15.7. The number of rotatable bonds is 6. The van der Waals surface area contributed by atoms with Gasteiger partial charge in [0.05, 0.1) is 25.6 Å². The fourth-order valence-corrected chi connectivity index (χ4v) is 2.52. The SMILES string of the molecule is ClCc1ccccc1.NCc1ccco1.O=C(NCc1ccco1)OCc1ccccc1. The van der Waals surface area contributed by atoms with E-state index in [9.17, 15) is 4.79 Å². The van der Waals surface area contributed by atoms with Crippen molar-refractivity contribution in [1.29, 1.82) is 0 Å². The zero-order valence-electron chi connectivity index (χ0n) is 17.7. The highest BCUT2D eigenvalue weighted by Crippen LogP contribution is 2.02. The largest absolute Gasteiger partial charge is 0.468 e. The van der Waals surface area contributed by atoms with Crippen LogP contribution in [-0.4, -0.2) is 6.09 Å². The lowest BCUT2D eigenvalue weighted by molar-refractivity contribution is 0.138. The third-order valence-electron chi connectivity index (χ3n) is 3.98. The monoisotopic (exact) mass is 454 g/mol. The van der Waals surface area contributed by atoms with Crippen LogP contribution in [0.4, 0.5) is 4.79 Å². The summed E-state index contributed by atoms with van der Waals surface area (Å²) in [5.74, 6) is 2.14. The van der Waals surface area contributed by atoms with E-state index in [2.05, 4.69) is 5.32 Å². The fourth-order valence-electron chi connectivity index (χ4n) is 2.34. The van der Waals surface area contributed by atoms with Gasteiger partial charge in [0.15, 0.2) is 0 Å². The normalized spacial score (nSPS) is 9.56. The first kappa shape index (κ1) is 24.8. The average molecular weight is 455 g/mol. The Morgan fingerprint density at radius 2 is 1.38 bits per heavy atom. The number of ether oxygens (including phenoxy) is 1. The van der Waals surface area contributed by atoms with Crippen LogP contribution in [0.5, 0.6) is 0 Å². The Hall–Kier alpha value is -3.48. The molecule has 3 N–H and O–H groups in total. The minimum Gasteiger partial charge on any atom is -0.468 e. The van der Waals surface area contributed by atoms with Crippen molar-refractivity contribution in [2.45, 2.75) is 25.6 Å². The molecule has 32 heavy (non-hydrogen) atoms. The molecule has 0 spiro atoms. The molecule has 4 aromatic rings. The number of hydrogen-bond acceptors (Lipinski definition) is 5. The van der Waals surface area contributed by atoms with Gasteiger partial charge in [-0.2, -0.15) is 0 Å². The van der Waals surface area contributed by atoms with Crippen LogP contribution >= 0.6 is 11.6 Å². The lowest BCUT2D eigenvalue weighted by Gasteiger charge is -2.05. The molecule has 0 fully saturated rings. The highest BCUT2D eigenvalue weighted by atomic mass is 35.5. The van der Waals surface area contributed by atoms with Gasteiger partial charge in [0, 0.05) is 5.88 Å². The quantitative estimate of drug-likeness (QED) is 0.355. The van der Waals surface area contributed by atoms with E-state index in [-0.39, 0.29) is 6.61 Å². The molecule has 4 rings (SSSR count). The van der Waals surface area contributed by atoms with Crippen molar-refractivity contribution >= 4 is 17.7 Å². The summed E-state index contributed by atoms with van der Waals surface area (Å²) in [7, 11) is 0. The second kappa shape index (κ2) is 15.3. The molecule has 168 valence electrons. The van der Waals surface area contributed by atoms with Gasteiger partial charge in [-0.15, -0.1) is 11.6 Å². The molecule has 0 bridgehead atoms. The van der Waals surface area contributed by atoms with E-state index < -0.39 is 6.09 Å². The van der Waals surface area contributed by atoms with Crippen LogP contribution < -0.4 is 11.1 Å². The lowest BCUT2D eigenvalue weighted by atomic mass is 10.2. The summed E-state index contributed by atoms with van der Waals surface area (Å²) in [6.07, 6.45) is 2.72. The fraction of sp³-hybridized carbons (Fsp3) is 0.160. The van der Waals surface area contributed by atoms with Gasteiger partial charge in [0.1, 0.15) is 18.1 Å². The maximum Gasteiger partial charge on any atom is 0.407 e. The van der Waals surface area contributed by atoms with Crippen molar-refractivity contribution in [2.75, 3.05) is 0 Å². The van der Waals surface area contributed by atoms with Crippen molar-refractivity contribution in [3.63, 3.8) is 0 Å². The molecule has 0 saturated heterocycles. The van der Waals surface area contributed by atoms with Gasteiger partial charge < -0.3 is 24.6 Å². The smallest absolute Gasteiger partial charge is 0.407 e. The van der Waals surface area contributed by atoms with Crippen molar-refractivity contribution in [3.05, 3.63) is 120 Å². The maximum absolute atomic E-state index is 11.3. The predicted molar refractivity (Wildman–Crippen MR) is 125 cm³/mol. The Morgan fingerprint density at radius 3 is 1.81 bits per heavy atom. The van der Waals surface area contributed by atoms with Crippen LogP contribution in [0.3, 0.4) is 0 Å². The van der Waals surface area contributed by atoms with E-state index in [0.29, 0.717) is 24.7 Å². The van der Waals surface area contributed by atoms with Crippen molar-refractivity contribution in [1.82, 2.24) is 5.32 Å². The summed E-state index contributed by atoms with van der Waals surface area (Å²) < 4.78 is 15.0. The Morgan fingerprint density at radius 1 is 0.812 bits per heavy atom. The van der Waals surface area contributed by atoms with Gasteiger partial charge in [0.25, 0.3) is 0 Å². The number of amides is 1. The number of hydrogen-bond donors (Lipinski definition) is 2. The third-order valence-corrected chi connectivity index (χ3v) is 4.29. The molecule has 0 unspecified atom stereocenters. The summed E-state index contributed by atoms with van der Waals surface area (Å²) in [5.41, 5.74) is 7.33. The number of alkyl carbamates (subject to hydrolysis) is 1. The van der Waals surface area contributed by atoms with Crippen LogP contribution in [0, 0.1) is 0 Å². The van der Waals surface area contributed by atoms with Crippen LogP contribution in [-0.2, 0) is 30.3 Å². The average Bonchev–Trinajstić information content (AvgIpc) is 3.58. The van der Waals surface area contributed by atoms with Crippen LogP contribution in [0.25, 0.3) is 0 Å². The molecule has 1 amide bonds. The molecular formula is C25H27ClN2O4. The van der Waals surface area contributed by atoms with Gasteiger partial charge >= 0.3 is 6.09 Å². The summed E-state index contributed by atoms with van der Waals surface area (Å²) >= 11 is 5.53. The highest BCUT2D eigenvalue weighted by Gasteiger charge is 2.03. The van der Waals surface area contributed by atoms with Crippen molar-refractivity contribution < 1.29 is 18.4 Å². The van der Waals surface area contributed by atoms with Crippen LogP contribution in [0.1, 0.15) is 22.6 Å². The van der Waals surface area contributed by atoms with E-state index in [0.717, 1.165) is 11.3 Å². The molecule has 0 radical (unpaired) electrons. The minimum absolute atomic E-state index is 0.269. The minimum atomic E-state index is -0.453. The number of carbonyl (C=O) groups excluding carboxylic acids is 1.